The Bertz CT molecular complexity index is 453. The third kappa shape index (κ3) is 12.3. The first-order valence-electron chi connectivity index (χ1n) is 9.11. The second-order valence-electron chi connectivity index (χ2n) is 6.37. The molecule has 0 heterocycles. The molecule has 0 aromatic rings. The van der Waals surface area contributed by atoms with Crippen molar-refractivity contribution in [2.24, 2.45) is 11.8 Å². The number of rotatable bonds is 15. The number of carbonyl (C=O) groups excluding carboxylic acids is 2. The molecule has 0 spiro atoms. The number of unbranched alkanes of at least 4 members (excludes halogenated alkanes) is 3. The minimum absolute atomic E-state index is 0.0233. The lowest BCUT2D eigenvalue weighted by atomic mass is 9.85. The molecule has 0 amide bonds. The van der Waals surface area contributed by atoms with Gasteiger partial charge in [-0.05, 0) is 39.0 Å². The number of aliphatic carboxylic acids is 1. The van der Waals surface area contributed by atoms with Crippen LogP contribution in [0.15, 0.2) is 24.3 Å². The van der Waals surface area contributed by atoms with E-state index in [4.69, 9.17) is 5.11 Å². The van der Waals surface area contributed by atoms with Gasteiger partial charge in [0.05, 0.1) is 6.10 Å². The molecule has 5 nitrogen and oxygen atoms in total. The van der Waals surface area contributed by atoms with E-state index in [2.05, 4.69) is 6.92 Å². The number of carboxylic acid groups (broad SMARTS) is 1. The predicted molar refractivity (Wildman–Crippen MR) is 98.3 cm³/mol. The Hall–Kier alpha value is -1.75. The quantitative estimate of drug-likeness (QED) is 0.266. The molecule has 0 aliphatic rings. The van der Waals surface area contributed by atoms with Gasteiger partial charge >= 0.3 is 5.97 Å². The lowest BCUT2D eigenvalue weighted by Crippen LogP contribution is -2.22. The highest BCUT2D eigenvalue weighted by atomic mass is 16.4. The first-order valence-corrected chi connectivity index (χ1v) is 9.11. The summed E-state index contributed by atoms with van der Waals surface area (Å²) in [5.41, 5.74) is 0. The molecule has 0 aliphatic carbocycles. The first-order chi connectivity index (χ1) is 11.9. The van der Waals surface area contributed by atoms with E-state index in [1.165, 1.54) is 19.8 Å². The molecule has 0 aromatic heterocycles. The number of ketones is 1. The highest BCUT2D eigenvalue weighted by Gasteiger charge is 2.23. The topological polar surface area (TPSA) is 91.7 Å². The first kappa shape index (κ1) is 23.2. The lowest BCUT2D eigenvalue weighted by Gasteiger charge is -2.17. The summed E-state index contributed by atoms with van der Waals surface area (Å²) in [4.78, 5) is 33.6. The van der Waals surface area contributed by atoms with E-state index in [0.717, 1.165) is 12.8 Å². The Labute approximate surface area is 150 Å². The third-order valence-corrected chi connectivity index (χ3v) is 4.12. The molecule has 0 aliphatic heterocycles. The number of hydrogen-bond acceptors (Lipinski definition) is 4. The van der Waals surface area contributed by atoms with Crippen molar-refractivity contribution in [1.29, 1.82) is 0 Å². The third-order valence-electron chi connectivity index (χ3n) is 4.12. The summed E-state index contributed by atoms with van der Waals surface area (Å²) in [6, 6.07) is 0. The summed E-state index contributed by atoms with van der Waals surface area (Å²) >= 11 is 0. The van der Waals surface area contributed by atoms with Gasteiger partial charge in [0.15, 0.2) is 0 Å². The smallest absolute Gasteiger partial charge is 0.303 e. The van der Waals surface area contributed by atoms with Crippen molar-refractivity contribution in [3.05, 3.63) is 24.3 Å². The second kappa shape index (κ2) is 14.6. The molecular formula is C20H32O5. The van der Waals surface area contributed by atoms with Crippen LogP contribution in [0.3, 0.4) is 0 Å². The van der Waals surface area contributed by atoms with Gasteiger partial charge in [-0.1, -0.05) is 44.1 Å². The van der Waals surface area contributed by atoms with E-state index in [1.807, 2.05) is 12.2 Å². The van der Waals surface area contributed by atoms with Crippen molar-refractivity contribution in [2.45, 2.75) is 71.3 Å². The largest absolute Gasteiger partial charge is 0.481 e. The summed E-state index contributed by atoms with van der Waals surface area (Å²) in [7, 11) is 0. The van der Waals surface area contributed by atoms with E-state index < -0.39 is 23.9 Å². The zero-order valence-corrected chi connectivity index (χ0v) is 15.4. The normalized spacial score (nSPS) is 15.3. The zero-order valence-electron chi connectivity index (χ0n) is 15.4. The van der Waals surface area contributed by atoms with Gasteiger partial charge in [0.2, 0.25) is 0 Å². The number of aliphatic hydroxyl groups excluding tert-OH is 1. The number of aldehydes is 1. The summed E-state index contributed by atoms with van der Waals surface area (Å²) in [6.45, 7) is 3.56. The van der Waals surface area contributed by atoms with Crippen LogP contribution in [0.25, 0.3) is 0 Å². The molecule has 0 aromatic carbocycles. The predicted octanol–water partition coefficient (Wildman–Crippen LogP) is 3.71. The Kier molecular flexibility index (Phi) is 13.6. The molecule has 0 bridgehead atoms. The summed E-state index contributed by atoms with van der Waals surface area (Å²) in [5.74, 6) is -2.22. The zero-order chi connectivity index (χ0) is 19.1. The SMILES string of the molecule is CCCCC/C=C\C[C@H](O)/C=C/[C@@H](C=O)[C@H](CCCC(=O)O)C(C)=O. The van der Waals surface area contributed by atoms with Crippen molar-refractivity contribution < 1.29 is 24.6 Å². The Balaban J connectivity index is 4.48. The van der Waals surface area contributed by atoms with Crippen molar-refractivity contribution in [3.63, 3.8) is 0 Å². The van der Waals surface area contributed by atoms with Crippen LogP contribution in [0.5, 0.6) is 0 Å². The van der Waals surface area contributed by atoms with Crippen molar-refractivity contribution in [3.8, 4) is 0 Å². The van der Waals surface area contributed by atoms with Gasteiger partial charge in [-0.3, -0.25) is 9.59 Å². The average Bonchev–Trinajstić information content (AvgIpc) is 2.56. The fourth-order valence-electron chi connectivity index (χ4n) is 2.62. The average molecular weight is 352 g/mol. The molecule has 142 valence electrons. The van der Waals surface area contributed by atoms with E-state index in [0.29, 0.717) is 25.5 Å². The minimum atomic E-state index is -0.915. The van der Waals surface area contributed by atoms with Crippen LogP contribution in [0, 0.1) is 11.8 Å². The molecule has 2 N–H and O–H groups in total. The molecule has 5 heteroatoms. The number of aliphatic hydroxyl groups is 1. The maximum Gasteiger partial charge on any atom is 0.303 e. The molecular weight excluding hydrogens is 320 g/mol. The molecule has 0 unspecified atom stereocenters. The van der Waals surface area contributed by atoms with Crippen LogP contribution < -0.4 is 0 Å². The molecule has 25 heavy (non-hydrogen) atoms. The molecule has 0 saturated heterocycles. The molecule has 0 saturated carbocycles. The van der Waals surface area contributed by atoms with E-state index in [-0.39, 0.29) is 12.2 Å². The van der Waals surface area contributed by atoms with Gasteiger partial charge in [0.1, 0.15) is 12.1 Å². The number of carbonyl (C=O) groups is 3. The van der Waals surface area contributed by atoms with Crippen LogP contribution in [0.1, 0.15) is 65.2 Å². The Morgan fingerprint density at radius 1 is 1.08 bits per heavy atom. The maximum absolute atomic E-state index is 11.7. The minimum Gasteiger partial charge on any atom is -0.481 e. The molecule has 0 radical (unpaired) electrons. The number of hydrogen-bond donors (Lipinski definition) is 2. The Morgan fingerprint density at radius 2 is 1.80 bits per heavy atom. The van der Waals surface area contributed by atoms with Gasteiger partial charge in [0, 0.05) is 18.3 Å². The maximum atomic E-state index is 11.7. The monoisotopic (exact) mass is 352 g/mol. The van der Waals surface area contributed by atoms with Crippen LogP contribution >= 0.6 is 0 Å². The highest BCUT2D eigenvalue weighted by molar-refractivity contribution is 5.82. The molecule has 0 fully saturated rings. The van der Waals surface area contributed by atoms with Crippen molar-refractivity contribution in [1.82, 2.24) is 0 Å². The van der Waals surface area contributed by atoms with Crippen LogP contribution in [0.2, 0.25) is 0 Å². The Morgan fingerprint density at radius 3 is 2.36 bits per heavy atom. The van der Waals surface area contributed by atoms with Gasteiger partial charge in [0.25, 0.3) is 0 Å². The number of allylic oxidation sites excluding steroid dienone is 2. The van der Waals surface area contributed by atoms with Crippen LogP contribution in [0.4, 0.5) is 0 Å². The number of Topliss-reactive ketones (excluding diaryl/α,β-unsaturated/α-hetero) is 1. The van der Waals surface area contributed by atoms with E-state index >= 15 is 0 Å². The molecule has 0 rings (SSSR count). The van der Waals surface area contributed by atoms with E-state index in [9.17, 15) is 19.5 Å². The van der Waals surface area contributed by atoms with Gasteiger partial charge in [-0.15, -0.1) is 0 Å². The fourth-order valence-corrected chi connectivity index (χ4v) is 2.62. The summed E-state index contributed by atoms with van der Waals surface area (Å²) in [5, 5.41) is 18.6. The van der Waals surface area contributed by atoms with Gasteiger partial charge in [-0.2, -0.15) is 0 Å². The van der Waals surface area contributed by atoms with Crippen LogP contribution in [-0.4, -0.2) is 34.4 Å². The van der Waals surface area contributed by atoms with Crippen LogP contribution in [-0.2, 0) is 14.4 Å². The highest BCUT2D eigenvalue weighted by Crippen LogP contribution is 2.20. The lowest BCUT2D eigenvalue weighted by molar-refractivity contribution is -0.137. The fraction of sp³-hybridized carbons (Fsp3) is 0.650. The molecule has 3 atom stereocenters. The number of carboxylic acids is 1. The van der Waals surface area contributed by atoms with Gasteiger partial charge in [-0.25, -0.2) is 0 Å². The van der Waals surface area contributed by atoms with E-state index in [1.54, 1.807) is 12.2 Å². The second-order valence-corrected chi connectivity index (χ2v) is 6.37. The summed E-state index contributed by atoms with van der Waals surface area (Å²) in [6.07, 6.45) is 12.7. The van der Waals surface area contributed by atoms with Gasteiger partial charge < -0.3 is 15.0 Å². The van der Waals surface area contributed by atoms with Crippen molar-refractivity contribution >= 4 is 18.0 Å². The van der Waals surface area contributed by atoms with Crippen molar-refractivity contribution in [2.75, 3.05) is 0 Å². The summed E-state index contributed by atoms with van der Waals surface area (Å²) < 4.78 is 0. The standard InChI is InChI=1S/C20H32O5/c1-3-4-5-6-7-8-10-18(23)14-13-17(15-21)19(16(2)22)11-9-12-20(24)25/h7-8,13-15,17-19,23H,3-6,9-12H2,1-2H3,(H,24,25)/b8-7-,14-13+/t17-,18-,19+/m0/s1.